The van der Waals surface area contributed by atoms with E-state index in [0.29, 0.717) is 21.5 Å². The molecular weight excluding hydrogens is 348 g/mol. The molecule has 0 bridgehead atoms. The van der Waals surface area contributed by atoms with Gasteiger partial charge in [-0.1, -0.05) is 11.6 Å². The largest absolute Gasteiger partial charge is 0.396 e. The molecule has 0 spiro atoms. The molecule has 96 valence electrons. The number of anilines is 1. The summed E-state index contributed by atoms with van der Waals surface area (Å²) in [6.07, 6.45) is 3.46. The maximum atomic E-state index is 5.99. The fraction of sp³-hybridized carbons (Fsp3) is 0. The van der Waals surface area contributed by atoms with E-state index in [2.05, 4.69) is 26.0 Å². The SMILES string of the molecule is Nc1cn(-c2ccc(Br)cn2)nc1-c1csc(Cl)c1. The Hall–Kier alpha value is -1.37. The summed E-state index contributed by atoms with van der Waals surface area (Å²) >= 11 is 10.7. The molecule has 0 aliphatic carbocycles. The van der Waals surface area contributed by atoms with E-state index in [0.717, 1.165) is 10.0 Å². The average molecular weight is 356 g/mol. The van der Waals surface area contributed by atoms with Crippen molar-refractivity contribution in [2.45, 2.75) is 0 Å². The number of nitrogens with two attached hydrogens (primary N) is 1. The first-order chi connectivity index (χ1) is 9.13. The van der Waals surface area contributed by atoms with Crippen molar-refractivity contribution in [3.8, 4) is 17.1 Å². The van der Waals surface area contributed by atoms with Crippen molar-refractivity contribution in [3.05, 3.63) is 44.8 Å². The van der Waals surface area contributed by atoms with Crippen LogP contribution in [-0.2, 0) is 0 Å². The van der Waals surface area contributed by atoms with Gasteiger partial charge in [-0.25, -0.2) is 9.67 Å². The molecule has 0 aliphatic rings. The molecule has 0 saturated heterocycles. The summed E-state index contributed by atoms with van der Waals surface area (Å²) in [7, 11) is 0. The molecule has 0 fully saturated rings. The second-order valence-corrected chi connectivity index (χ2v) is 6.31. The van der Waals surface area contributed by atoms with E-state index in [4.69, 9.17) is 17.3 Å². The van der Waals surface area contributed by atoms with Crippen molar-refractivity contribution >= 4 is 44.6 Å². The van der Waals surface area contributed by atoms with Crippen LogP contribution in [0.5, 0.6) is 0 Å². The van der Waals surface area contributed by atoms with Crippen LogP contribution in [0.15, 0.2) is 40.4 Å². The highest BCUT2D eigenvalue weighted by atomic mass is 79.9. The van der Waals surface area contributed by atoms with Crippen LogP contribution >= 0.6 is 38.9 Å². The Labute approximate surface area is 127 Å². The molecule has 0 aliphatic heterocycles. The molecule has 3 aromatic heterocycles. The molecule has 0 amide bonds. The highest BCUT2D eigenvalue weighted by Crippen LogP contribution is 2.31. The number of aromatic nitrogens is 3. The molecule has 19 heavy (non-hydrogen) atoms. The predicted octanol–water partition coefficient (Wildman–Crippen LogP) is 3.99. The van der Waals surface area contributed by atoms with Gasteiger partial charge < -0.3 is 5.73 Å². The Kier molecular flexibility index (Phi) is 3.30. The lowest BCUT2D eigenvalue weighted by Crippen LogP contribution is -1.97. The molecule has 0 atom stereocenters. The van der Waals surface area contributed by atoms with Gasteiger partial charge in [-0.3, -0.25) is 0 Å². The van der Waals surface area contributed by atoms with Crippen LogP contribution < -0.4 is 5.73 Å². The van der Waals surface area contributed by atoms with Gasteiger partial charge >= 0.3 is 0 Å². The summed E-state index contributed by atoms with van der Waals surface area (Å²) in [6.45, 7) is 0. The van der Waals surface area contributed by atoms with E-state index >= 15 is 0 Å². The molecule has 3 aromatic rings. The van der Waals surface area contributed by atoms with E-state index in [1.54, 1.807) is 17.1 Å². The van der Waals surface area contributed by atoms with Gasteiger partial charge in [0.2, 0.25) is 0 Å². The maximum absolute atomic E-state index is 5.99. The molecule has 0 saturated carbocycles. The van der Waals surface area contributed by atoms with Gasteiger partial charge in [0, 0.05) is 21.6 Å². The van der Waals surface area contributed by atoms with Crippen LogP contribution in [0.25, 0.3) is 17.1 Å². The molecule has 4 nitrogen and oxygen atoms in total. The van der Waals surface area contributed by atoms with Gasteiger partial charge in [-0.2, -0.15) is 5.10 Å². The average Bonchev–Trinajstić information content (AvgIpc) is 2.96. The van der Waals surface area contributed by atoms with Crippen molar-refractivity contribution in [2.75, 3.05) is 5.73 Å². The number of nitrogens with zero attached hydrogens (tertiary/aromatic N) is 3. The normalized spacial score (nSPS) is 10.8. The number of hydrogen-bond acceptors (Lipinski definition) is 4. The van der Waals surface area contributed by atoms with Crippen molar-refractivity contribution in [2.24, 2.45) is 0 Å². The molecule has 0 unspecified atom stereocenters. The number of nitrogen functional groups attached to an aromatic ring is 1. The summed E-state index contributed by atoms with van der Waals surface area (Å²) in [5.41, 5.74) is 8.22. The number of halogens is 2. The Morgan fingerprint density at radius 3 is 2.84 bits per heavy atom. The molecule has 0 aromatic carbocycles. The Bertz CT molecular complexity index is 720. The Morgan fingerprint density at radius 2 is 2.21 bits per heavy atom. The predicted molar refractivity (Wildman–Crippen MR) is 81.8 cm³/mol. The zero-order chi connectivity index (χ0) is 13.4. The van der Waals surface area contributed by atoms with E-state index in [-0.39, 0.29) is 0 Å². The molecule has 7 heteroatoms. The number of thiophene rings is 1. The molecular formula is C12H8BrClN4S. The van der Waals surface area contributed by atoms with E-state index in [1.807, 2.05) is 23.6 Å². The van der Waals surface area contributed by atoms with Crippen molar-refractivity contribution in [3.63, 3.8) is 0 Å². The van der Waals surface area contributed by atoms with E-state index in [9.17, 15) is 0 Å². The monoisotopic (exact) mass is 354 g/mol. The van der Waals surface area contributed by atoms with Gasteiger partial charge in [0.25, 0.3) is 0 Å². The van der Waals surface area contributed by atoms with Crippen LogP contribution in [0.4, 0.5) is 5.69 Å². The summed E-state index contributed by atoms with van der Waals surface area (Å²) in [5, 5.41) is 6.39. The fourth-order valence-electron chi connectivity index (χ4n) is 1.67. The first-order valence-corrected chi connectivity index (χ1v) is 7.40. The molecule has 3 heterocycles. The van der Waals surface area contributed by atoms with Crippen molar-refractivity contribution < 1.29 is 0 Å². The van der Waals surface area contributed by atoms with Gasteiger partial charge in [0.05, 0.1) is 16.2 Å². The zero-order valence-electron chi connectivity index (χ0n) is 9.55. The van der Waals surface area contributed by atoms with Crippen LogP contribution in [0.2, 0.25) is 4.34 Å². The summed E-state index contributed by atoms with van der Waals surface area (Å²) in [5.74, 6) is 0.711. The van der Waals surface area contributed by atoms with Crippen LogP contribution in [-0.4, -0.2) is 14.8 Å². The first-order valence-electron chi connectivity index (χ1n) is 5.35. The van der Waals surface area contributed by atoms with Crippen molar-refractivity contribution in [1.82, 2.24) is 14.8 Å². The standard InChI is InChI=1S/C12H8BrClN4S/c13-8-1-2-11(16-4-8)18-5-9(15)12(17-18)7-3-10(14)19-6-7/h1-6H,15H2. The highest BCUT2D eigenvalue weighted by Gasteiger charge is 2.11. The minimum absolute atomic E-state index is 0.596. The van der Waals surface area contributed by atoms with Crippen LogP contribution in [0.1, 0.15) is 0 Å². The lowest BCUT2D eigenvalue weighted by Gasteiger charge is -1.99. The lowest BCUT2D eigenvalue weighted by atomic mass is 10.2. The minimum atomic E-state index is 0.596. The van der Waals surface area contributed by atoms with E-state index < -0.39 is 0 Å². The smallest absolute Gasteiger partial charge is 0.153 e. The highest BCUT2D eigenvalue weighted by molar-refractivity contribution is 9.10. The second-order valence-electron chi connectivity index (χ2n) is 3.85. The van der Waals surface area contributed by atoms with Gasteiger partial charge in [-0.15, -0.1) is 11.3 Å². The van der Waals surface area contributed by atoms with Crippen molar-refractivity contribution in [1.29, 1.82) is 0 Å². The third-order valence-corrected chi connectivity index (χ3v) is 4.09. The second kappa shape index (κ2) is 4.96. The number of hydrogen-bond donors (Lipinski definition) is 1. The summed E-state index contributed by atoms with van der Waals surface area (Å²) < 4.78 is 3.29. The van der Waals surface area contributed by atoms with Crippen LogP contribution in [0, 0.1) is 0 Å². The Morgan fingerprint density at radius 1 is 1.37 bits per heavy atom. The zero-order valence-corrected chi connectivity index (χ0v) is 12.7. The van der Waals surface area contributed by atoms with Gasteiger partial charge in [0.1, 0.15) is 5.69 Å². The number of rotatable bonds is 2. The third-order valence-electron chi connectivity index (χ3n) is 2.53. The quantitative estimate of drug-likeness (QED) is 0.756. The number of pyridine rings is 1. The van der Waals surface area contributed by atoms with Gasteiger partial charge in [-0.05, 0) is 34.1 Å². The van der Waals surface area contributed by atoms with Crippen LogP contribution in [0.3, 0.4) is 0 Å². The maximum Gasteiger partial charge on any atom is 0.153 e. The molecule has 2 N–H and O–H groups in total. The van der Waals surface area contributed by atoms with Gasteiger partial charge in [0.15, 0.2) is 5.82 Å². The first kappa shape index (κ1) is 12.7. The Balaban J connectivity index is 2.04. The topological polar surface area (TPSA) is 56.7 Å². The van der Waals surface area contributed by atoms with E-state index in [1.165, 1.54) is 11.3 Å². The molecule has 0 radical (unpaired) electrons. The minimum Gasteiger partial charge on any atom is -0.396 e. The molecule has 3 rings (SSSR count). The third kappa shape index (κ3) is 2.51. The summed E-state index contributed by atoms with van der Waals surface area (Å²) in [4.78, 5) is 4.28. The summed E-state index contributed by atoms with van der Waals surface area (Å²) in [6, 6.07) is 5.62. The lowest BCUT2D eigenvalue weighted by molar-refractivity contribution is 0.850. The fourth-order valence-corrected chi connectivity index (χ4v) is 2.77.